The summed E-state index contributed by atoms with van der Waals surface area (Å²) in [5.41, 5.74) is 0.508. The smallest absolute Gasteiger partial charge is 0.239 e. The highest BCUT2D eigenvalue weighted by Gasteiger charge is 2.24. The number of nitriles is 1. The van der Waals surface area contributed by atoms with Gasteiger partial charge in [-0.2, -0.15) is 5.26 Å². The van der Waals surface area contributed by atoms with Crippen LogP contribution in [-0.4, -0.2) is 41.7 Å². The zero-order valence-corrected chi connectivity index (χ0v) is 12.2. The number of amides is 1. The van der Waals surface area contributed by atoms with Gasteiger partial charge in [0, 0.05) is 12.6 Å². The fourth-order valence-electron chi connectivity index (χ4n) is 2.59. The number of aliphatic hydroxyl groups excluding tert-OH is 1. The molecular weight excluding hydrogens is 274 g/mol. The number of likely N-dealkylation sites (tertiary alicyclic amines) is 1. The molecule has 20 heavy (non-hydrogen) atoms. The van der Waals surface area contributed by atoms with Crippen molar-refractivity contribution in [1.29, 1.82) is 5.26 Å². The molecular formula is C14H19N3O2S. The Labute approximate surface area is 122 Å². The molecule has 1 amide bonds. The highest BCUT2D eigenvalue weighted by Crippen LogP contribution is 2.23. The number of anilines is 1. The van der Waals surface area contributed by atoms with Crippen LogP contribution in [0.1, 0.15) is 31.2 Å². The van der Waals surface area contributed by atoms with Crippen molar-refractivity contribution >= 4 is 22.2 Å². The molecule has 0 saturated carbocycles. The van der Waals surface area contributed by atoms with Gasteiger partial charge in [-0.25, -0.2) is 0 Å². The number of aliphatic hydroxyl groups is 1. The van der Waals surface area contributed by atoms with E-state index in [0.29, 0.717) is 23.2 Å². The minimum Gasteiger partial charge on any atom is -0.396 e. The molecule has 1 aromatic rings. The van der Waals surface area contributed by atoms with Crippen molar-refractivity contribution in [2.75, 3.05) is 25.0 Å². The van der Waals surface area contributed by atoms with E-state index in [1.807, 2.05) is 0 Å². The topological polar surface area (TPSA) is 76.4 Å². The number of nitrogens with zero attached hydrogens (tertiary/aromatic N) is 2. The summed E-state index contributed by atoms with van der Waals surface area (Å²) in [5.74, 6) is -0.0891. The van der Waals surface area contributed by atoms with E-state index in [9.17, 15) is 4.79 Å². The fourth-order valence-corrected chi connectivity index (χ4v) is 3.34. The minimum atomic E-state index is -0.0891. The summed E-state index contributed by atoms with van der Waals surface area (Å²) >= 11 is 1.36. The van der Waals surface area contributed by atoms with E-state index in [-0.39, 0.29) is 12.5 Å². The van der Waals surface area contributed by atoms with Crippen molar-refractivity contribution < 1.29 is 9.90 Å². The average Bonchev–Trinajstić information content (AvgIpc) is 2.88. The Balaban J connectivity index is 1.91. The van der Waals surface area contributed by atoms with E-state index in [1.165, 1.54) is 11.3 Å². The van der Waals surface area contributed by atoms with Crippen LogP contribution in [0.3, 0.4) is 0 Å². The molecule has 2 rings (SSSR count). The van der Waals surface area contributed by atoms with Gasteiger partial charge in [0.1, 0.15) is 11.1 Å². The van der Waals surface area contributed by atoms with E-state index in [1.54, 1.807) is 11.4 Å². The van der Waals surface area contributed by atoms with Gasteiger partial charge in [0.05, 0.1) is 12.1 Å². The Kier molecular flexibility index (Phi) is 5.53. The molecule has 1 atom stereocenters. The van der Waals surface area contributed by atoms with Crippen LogP contribution in [0.25, 0.3) is 0 Å². The molecule has 0 radical (unpaired) electrons. The van der Waals surface area contributed by atoms with Crippen LogP contribution in [0.2, 0.25) is 0 Å². The predicted molar refractivity (Wildman–Crippen MR) is 78.6 cm³/mol. The van der Waals surface area contributed by atoms with Gasteiger partial charge in [-0.3, -0.25) is 9.69 Å². The van der Waals surface area contributed by atoms with Crippen LogP contribution in [-0.2, 0) is 4.79 Å². The summed E-state index contributed by atoms with van der Waals surface area (Å²) in [5, 5.41) is 23.2. The van der Waals surface area contributed by atoms with E-state index in [4.69, 9.17) is 10.4 Å². The summed E-state index contributed by atoms with van der Waals surface area (Å²) in [4.78, 5) is 14.2. The zero-order chi connectivity index (χ0) is 14.4. The molecule has 0 aromatic carbocycles. The molecule has 1 aliphatic heterocycles. The second-order valence-electron chi connectivity index (χ2n) is 4.96. The second kappa shape index (κ2) is 7.39. The SMILES string of the molecule is N#Cc1ccsc1NC(=O)CN1CCCCC1CCO. The summed E-state index contributed by atoms with van der Waals surface area (Å²) in [6.07, 6.45) is 4.01. The van der Waals surface area contributed by atoms with Crippen molar-refractivity contribution in [2.45, 2.75) is 31.7 Å². The number of carbonyl (C=O) groups is 1. The van der Waals surface area contributed by atoms with Crippen LogP contribution in [0.15, 0.2) is 11.4 Å². The van der Waals surface area contributed by atoms with Gasteiger partial charge >= 0.3 is 0 Å². The number of piperidine rings is 1. The number of hydrogen-bond acceptors (Lipinski definition) is 5. The lowest BCUT2D eigenvalue weighted by atomic mass is 10.00. The summed E-state index contributed by atoms with van der Waals surface area (Å²) < 4.78 is 0. The van der Waals surface area contributed by atoms with Crippen LogP contribution in [0, 0.1) is 11.3 Å². The Morgan fingerprint density at radius 1 is 1.60 bits per heavy atom. The predicted octanol–water partition coefficient (Wildman–Crippen LogP) is 1.80. The quantitative estimate of drug-likeness (QED) is 0.868. The molecule has 0 bridgehead atoms. The van der Waals surface area contributed by atoms with Crippen LogP contribution >= 0.6 is 11.3 Å². The molecule has 1 aliphatic rings. The molecule has 2 heterocycles. The molecule has 108 valence electrons. The molecule has 0 spiro atoms. The van der Waals surface area contributed by atoms with Gasteiger partial charge in [0.15, 0.2) is 0 Å². The molecule has 5 nitrogen and oxygen atoms in total. The maximum atomic E-state index is 12.1. The van der Waals surface area contributed by atoms with E-state index >= 15 is 0 Å². The number of carbonyl (C=O) groups excluding carboxylic acids is 1. The fraction of sp³-hybridized carbons (Fsp3) is 0.571. The van der Waals surface area contributed by atoms with Gasteiger partial charge in [0.2, 0.25) is 5.91 Å². The molecule has 1 aromatic heterocycles. The lowest BCUT2D eigenvalue weighted by Gasteiger charge is -2.34. The Hall–Kier alpha value is -1.42. The first-order valence-electron chi connectivity index (χ1n) is 6.87. The van der Waals surface area contributed by atoms with Gasteiger partial charge in [-0.15, -0.1) is 11.3 Å². The van der Waals surface area contributed by atoms with E-state index < -0.39 is 0 Å². The van der Waals surface area contributed by atoms with Crippen LogP contribution in [0.4, 0.5) is 5.00 Å². The third-order valence-electron chi connectivity index (χ3n) is 3.60. The summed E-state index contributed by atoms with van der Waals surface area (Å²) in [6, 6.07) is 4.06. The molecule has 1 saturated heterocycles. The number of hydrogen-bond donors (Lipinski definition) is 2. The first-order valence-corrected chi connectivity index (χ1v) is 7.75. The largest absolute Gasteiger partial charge is 0.396 e. The Bertz CT molecular complexity index is 493. The van der Waals surface area contributed by atoms with E-state index in [0.717, 1.165) is 32.2 Å². The lowest BCUT2D eigenvalue weighted by Crippen LogP contribution is -2.44. The van der Waals surface area contributed by atoms with Gasteiger partial charge in [0.25, 0.3) is 0 Å². The first kappa shape index (κ1) is 15.0. The van der Waals surface area contributed by atoms with Gasteiger partial charge < -0.3 is 10.4 Å². The molecule has 6 heteroatoms. The number of nitrogens with one attached hydrogen (secondary N) is 1. The van der Waals surface area contributed by atoms with Gasteiger partial charge in [-0.05, 0) is 37.3 Å². The maximum Gasteiger partial charge on any atom is 0.239 e. The number of thiophene rings is 1. The van der Waals surface area contributed by atoms with Crippen LogP contribution < -0.4 is 5.32 Å². The number of rotatable bonds is 5. The molecule has 0 aliphatic carbocycles. The molecule has 2 N–H and O–H groups in total. The average molecular weight is 293 g/mol. The third kappa shape index (κ3) is 3.79. The highest BCUT2D eigenvalue weighted by atomic mass is 32.1. The highest BCUT2D eigenvalue weighted by molar-refractivity contribution is 7.14. The van der Waals surface area contributed by atoms with Crippen LogP contribution in [0.5, 0.6) is 0 Å². The standard InChI is InChI=1S/C14H19N3O2S/c15-9-11-5-8-20-14(11)16-13(19)10-17-6-2-1-3-12(17)4-7-18/h5,8,12,18H,1-4,6-7,10H2,(H,16,19). The maximum absolute atomic E-state index is 12.1. The lowest BCUT2D eigenvalue weighted by molar-refractivity contribution is -0.118. The monoisotopic (exact) mass is 293 g/mol. The Morgan fingerprint density at radius 3 is 3.20 bits per heavy atom. The third-order valence-corrected chi connectivity index (χ3v) is 4.43. The van der Waals surface area contributed by atoms with Crippen molar-refractivity contribution in [3.05, 3.63) is 17.0 Å². The molecule has 1 fully saturated rings. The molecule has 1 unspecified atom stereocenters. The minimum absolute atomic E-state index is 0.0891. The van der Waals surface area contributed by atoms with Crippen molar-refractivity contribution in [3.63, 3.8) is 0 Å². The Morgan fingerprint density at radius 2 is 2.45 bits per heavy atom. The van der Waals surface area contributed by atoms with Gasteiger partial charge in [-0.1, -0.05) is 6.42 Å². The van der Waals surface area contributed by atoms with Crippen molar-refractivity contribution in [2.24, 2.45) is 0 Å². The van der Waals surface area contributed by atoms with Crippen molar-refractivity contribution in [1.82, 2.24) is 4.90 Å². The van der Waals surface area contributed by atoms with E-state index in [2.05, 4.69) is 16.3 Å². The summed E-state index contributed by atoms with van der Waals surface area (Å²) in [7, 11) is 0. The zero-order valence-electron chi connectivity index (χ0n) is 11.3. The second-order valence-corrected chi connectivity index (χ2v) is 5.87. The van der Waals surface area contributed by atoms with Crippen molar-refractivity contribution in [3.8, 4) is 6.07 Å². The first-order chi connectivity index (χ1) is 9.74. The summed E-state index contributed by atoms with van der Waals surface area (Å²) in [6.45, 7) is 1.38. The normalized spacial score (nSPS) is 19.5.